The van der Waals surface area contributed by atoms with E-state index in [1.807, 2.05) is 0 Å². The summed E-state index contributed by atoms with van der Waals surface area (Å²) in [6.45, 7) is 0. The highest BCUT2D eigenvalue weighted by Crippen LogP contribution is 2.57. The molecule has 0 bridgehead atoms. The summed E-state index contributed by atoms with van der Waals surface area (Å²) in [5.74, 6) is 0.00964. The second-order valence-corrected chi connectivity index (χ2v) is 7.39. The van der Waals surface area contributed by atoms with E-state index in [0.717, 1.165) is 24.1 Å². The van der Waals surface area contributed by atoms with Crippen molar-refractivity contribution < 1.29 is 19.1 Å². The van der Waals surface area contributed by atoms with E-state index < -0.39 is 17.9 Å². The van der Waals surface area contributed by atoms with E-state index in [-0.39, 0.29) is 5.69 Å². The van der Waals surface area contributed by atoms with Gasteiger partial charge < -0.3 is 15.3 Å². The van der Waals surface area contributed by atoms with Crippen LogP contribution in [0.4, 0.5) is 0 Å². The third kappa shape index (κ3) is 2.97. The van der Waals surface area contributed by atoms with Crippen LogP contribution in [-0.4, -0.2) is 38.7 Å². The molecule has 0 saturated heterocycles. The van der Waals surface area contributed by atoms with Crippen LogP contribution in [0.3, 0.4) is 0 Å². The van der Waals surface area contributed by atoms with Gasteiger partial charge in [0.25, 0.3) is 5.91 Å². The van der Waals surface area contributed by atoms with Crippen LogP contribution in [-0.2, 0) is 16.0 Å². The number of fused-ring (bicyclic) bond motifs is 3. The fourth-order valence-electron chi connectivity index (χ4n) is 4.07. The lowest BCUT2D eigenvalue weighted by molar-refractivity contribution is -0.605. The standard InChI is InChI=1S/C20H18N6O4/c1-30-20(28)17(14-4-2-3-5-21-14)23-19(27)16-13-9-11-8-12(11)18(13)26(24-16)15-10-25(29)7-6-22-15/h2-7,10-12,17H,8-9H2,1H3,(H,23,27)/t11-,12-,17?/m0/s1. The predicted octanol–water partition coefficient (Wildman–Crippen LogP) is 0.599. The normalized spacial score (nSPS) is 19.5. The molecule has 5 rings (SSSR count). The van der Waals surface area contributed by atoms with Gasteiger partial charge in [-0.3, -0.25) is 9.78 Å². The second-order valence-electron chi connectivity index (χ2n) is 7.39. The Morgan fingerprint density at radius 3 is 2.93 bits per heavy atom. The highest BCUT2D eigenvalue weighted by atomic mass is 16.5. The zero-order valence-corrected chi connectivity index (χ0v) is 16.1. The number of aromatic nitrogens is 5. The van der Waals surface area contributed by atoms with Crippen molar-refractivity contribution in [3.63, 3.8) is 0 Å². The molecule has 2 aliphatic rings. The molecule has 10 nitrogen and oxygen atoms in total. The number of carbonyl (C=O) groups is 2. The lowest BCUT2D eigenvalue weighted by atomic mass is 10.1. The number of amides is 1. The minimum Gasteiger partial charge on any atom is -0.619 e. The van der Waals surface area contributed by atoms with Gasteiger partial charge in [-0.25, -0.2) is 14.5 Å². The van der Waals surface area contributed by atoms with E-state index in [4.69, 9.17) is 4.74 Å². The van der Waals surface area contributed by atoms with Crippen LogP contribution in [0, 0.1) is 11.1 Å². The number of methoxy groups -OCH3 is 1. The third-order valence-electron chi connectivity index (χ3n) is 5.55. The molecule has 0 spiro atoms. The summed E-state index contributed by atoms with van der Waals surface area (Å²) < 4.78 is 7.06. The molecular formula is C20H18N6O4. The largest absolute Gasteiger partial charge is 0.619 e. The second kappa shape index (κ2) is 6.90. The molecule has 1 N–H and O–H groups in total. The Kier molecular flexibility index (Phi) is 4.19. The summed E-state index contributed by atoms with van der Waals surface area (Å²) in [5, 5.41) is 18.9. The van der Waals surface area contributed by atoms with E-state index in [1.165, 1.54) is 31.9 Å². The minimum atomic E-state index is -1.06. The zero-order chi connectivity index (χ0) is 20.8. The van der Waals surface area contributed by atoms with E-state index in [0.29, 0.717) is 28.1 Å². The lowest BCUT2D eigenvalue weighted by Gasteiger charge is -2.15. The summed E-state index contributed by atoms with van der Waals surface area (Å²) in [6.07, 6.45) is 7.30. The van der Waals surface area contributed by atoms with E-state index in [2.05, 4.69) is 20.4 Å². The first-order valence-corrected chi connectivity index (χ1v) is 9.53. The first-order chi connectivity index (χ1) is 14.6. The van der Waals surface area contributed by atoms with E-state index in [9.17, 15) is 14.8 Å². The number of esters is 1. The Labute approximate surface area is 171 Å². The van der Waals surface area contributed by atoms with Crippen LogP contribution in [0.15, 0.2) is 43.0 Å². The van der Waals surface area contributed by atoms with Crippen LogP contribution in [0.5, 0.6) is 0 Å². The molecule has 0 aromatic carbocycles. The molecular weight excluding hydrogens is 388 g/mol. The Bertz CT molecular complexity index is 1150. The Morgan fingerprint density at radius 1 is 1.33 bits per heavy atom. The molecule has 152 valence electrons. The summed E-state index contributed by atoms with van der Waals surface area (Å²) in [4.78, 5) is 33.8. The van der Waals surface area contributed by atoms with Gasteiger partial charge in [-0.1, -0.05) is 6.07 Å². The quantitative estimate of drug-likeness (QED) is 0.373. The van der Waals surface area contributed by atoms with Gasteiger partial charge in [0.15, 0.2) is 17.9 Å². The van der Waals surface area contributed by atoms with E-state index in [1.54, 1.807) is 22.9 Å². The van der Waals surface area contributed by atoms with Crippen LogP contribution in [0.2, 0.25) is 0 Å². The van der Waals surface area contributed by atoms with Gasteiger partial charge in [0, 0.05) is 17.7 Å². The minimum absolute atomic E-state index is 0.227. The molecule has 0 radical (unpaired) electrons. The Morgan fingerprint density at radius 2 is 2.20 bits per heavy atom. The first-order valence-electron chi connectivity index (χ1n) is 9.53. The molecule has 3 heterocycles. The molecule has 3 atom stereocenters. The highest BCUT2D eigenvalue weighted by Gasteiger charge is 2.50. The summed E-state index contributed by atoms with van der Waals surface area (Å²) >= 11 is 0. The highest BCUT2D eigenvalue weighted by molar-refractivity contribution is 5.97. The van der Waals surface area contributed by atoms with Crippen molar-refractivity contribution in [1.29, 1.82) is 0 Å². The number of pyridine rings is 1. The average Bonchev–Trinajstić information content (AvgIpc) is 3.26. The van der Waals surface area contributed by atoms with Crippen molar-refractivity contribution >= 4 is 11.9 Å². The fraction of sp³-hybridized carbons (Fsp3) is 0.300. The topological polar surface area (TPSA) is 126 Å². The number of rotatable bonds is 5. The van der Waals surface area contributed by atoms with Crippen molar-refractivity contribution in [3.05, 3.63) is 70.8 Å². The summed E-state index contributed by atoms with van der Waals surface area (Å²) in [7, 11) is 1.25. The van der Waals surface area contributed by atoms with Crippen molar-refractivity contribution in [2.75, 3.05) is 7.11 Å². The smallest absolute Gasteiger partial charge is 0.334 e. The van der Waals surface area contributed by atoms with Crippen molar-refractivity contribution in [1.82, 2.24) is 25.1 Å². The van der Waals surface area contributed by atoms with Gasteiger partial charge in [-0.15, -0.1) is 0 Å². The molecule has 1 saturated carbocycles. The SMILES string of the molecule is COC(=O)C(NC(=O)c1nn(-c2c[n+]([O-])ccn2)c2c1C[C@@H]1C[C@H]21)c1ccccn1. The van der Waals surface area contributed by atoms with Crippen LogP contribution >= 0.6 is 0 Å². The van der Waals surface area contributed by atoms with Crippen molar-refractivity contribution in [2.45, 2.75) is 24.8 Å². The number of hydrogen-bond donors (Lipinski definition) is 1. The van der Waals surface area contributed by atoms with Crippen molar-refractivity contribution in [3.8, 4) is 5.82 Å². The molecule has 3 aromatic rings. The van der Waals surface area contributed by atoms with Crippen LogP contribution < -0.4 is 10.0 Å². The first kappa shape index (κ1) is 18.2. The molecule has 30 heavy (non-hydrogen) atoms. The third-order valence-corrected chi connectivity index (χ3v) is 5.55. The monoisotopic (exact) mass is 406 g/mol. The van der Waals surface area contributed by atoms with Crippen LogP contribution in [0.25, 0.3) is 5.82 Å². The maximum absolute atomic E-state index is 13.1. The molecule has 1 unspecified atom stereocenters. The van der Waals surface area contributed by atoms with Crippen LogP contribution in [0.1, 0.15) is 45.8 Å². The van der Waals surface area contributed by atoms with Gasteiger partial charge >= 0.3 is 5.97 Å². The maximum atomic E-state index is 13.1. The Hall–Kier alpha value is -3.82. The van der Waals surface area contributed by atoms with Gasteiger partial charge in [0.1, 0.15) is 0 Å². The fourth-order valence-corrected chi connectivity index (χ4v) is 4.07. The molecule has 1 amide bonds. The van der Waals surface area contributed by atoms with E-state index >= 15 is 0 Å². The van der Waals surface area contributed by atoms with Gasteiger partial charge in [-0.05, 0) is 30.9 Å². The molecule has 0 aliphatic heterocycles. The number of carbonyl (C=O) groups excluding carboxylic acids is 2. The number of hydrogen-bond acceptors (Lipinski definition) is 7. The number of nitrogens with one attached hydrogen (secondary N) is 1. The lowest BCUT2D eigenvalue weighted by Crippen LogP contribution is -2.35. The molecule has 10 heteroatoms. The zero-order valence-electron chi connectivity index (χ0n) is 16.1. The number of nitrogens with zero attached hydrogens (tertiary/aromatic N) is 5. The van der Waals surface area contributed by atoms with Gasteiger partial charge in [0.2, 0.25) is 12.0 Å². The average molecular weight is 406 g/mol. The molecule has 2 aliphatic carbocycles. The Balaban J connectivity index is 1.51. The molecule has 3 aromatic heterocycles. The van der Waals surface area contributed by atoms with Gasteiger partial charge in [0.05, 0.1) is 24.7 Å². The predicted molar refractivity (Wildman–Crippen MR) is 101 cm³/mol. The maximum Gasteiger partial charge on any atom is 0.334 e. The summed E-state index contributed by atoms with van der Waals surface area (Å²) in [5.41, 5.74) is 2.34. The summed E-state index contributed by atoms with van der Waals surface area (Å²) in [6, 6.07) is 4.03. The number of ether oxygens (including phenoxy) is 1. The van der Waals surface area contributed by atoms with Gasteiger partial charge in [-0.2, -0.15) is 9.83 Å². The van der Waals surface area contributed by atoms with Crippen molar-refractivity contribution in [2.24, 2.45) is 5.92 Å². The molecule has 1 fully saturated rings.